The molecule has 0 amide bonds. The zero-order chi connectivity index (χ0) is 24.9. The number of benzene rings is 5. The normalized spacial score (nSPS) is 10.8. The summed E-state index contributed by atoms with van der Waals surface area (Å²) in [5.74, 6) is 2.52. The van der Waals surface area contributed by atoms with Crippen LogP contribution in [0.2, 0.25) is 0 Å². The van der Waals surface area contributed by atoms with Gasteiger partial charge >= 0.3 is 0 Å². The molecule has 0 heterocycles. The van der Waals surface area contributed by atoms with Crippen LogP contribution in [0.15, 0.2) is 115 Å². The van der Waals surface area contributed by atoms with Gasteiger partial charge in [-0.05, 0) is 48.0 Å². The Labute approximate surface area is 211 Å². The monoisotopic (exact) mass is 490 g/mol. The molecule has 5 aromatic rings. The van der Waals surface area contributed by atoms with E-state index in [2.05, 4.69) is 0 Å². The maximum absolute atomic E-state index is 12.3. The standard InChI is InChI=1S/C30H23N2O3P/c31-20-8-5-10-22(18-20)34-27-15-3-1-12-24(27)25-14-7-17-29(36-33)30(25)26-13-2-4-16-28(26)35-23-11-6-9-21(32)19-23/h1-19H,31-32H2. The molecule has 0 aliphatic carbocycles. The Balaban J connectivity index is 1.65. The maximum atomic E-state index is 12.3. The van der Waals surface area contributed by atoms with Crippen molar-refractivity contribution in [3.05, 3.63) is 115 Å². The molecule has 0 radical (unpaired) electrons. The minimum Gasteiger partial charge on any atom is -0.457 e. The molecule has 5 rings (SSSR count). The van der Waals surface area contributed by atoms with Crippen molar-refractivity contribution in [2.45, 2.75) is 0 Å². The molecular weight excluding hydrogens is 467 g/mol. The van der Waals surface area contributed by atoms with E-state index >= 15 is 0 Å². The second-order valence-electron chi connectivity index (χ2n) is 8.13. The summed E-state index contributed by atoms with van der Waals surface area (Å²) in [5.41, 5.74) is 16.4. The van der Waals surface area contributed by atoms with Crippen molar-refractivity contribution in [3.8, 4) is 45.3 Å². The van der Waals surface area contributed by atoms with Crippen LogP contribution < -0.4 is 26.2 Å². The number of anilines is 2. The minimum absolute atomic E-state index is 0.105. The Morgan fingerprint density at radius 3 is 1.61 bits per heavy atom. The zero-order valence-electron chi connectivity index (χ0n) is 19.3. The summed E-state index contributed by atoms with van der Waals surface area (Å²) in [6.45, 7) is 0. The number of ether oxygens (including phenoxy) is 2. The van der Waals surface area contributed by atoms with Crippen molar-refractivity contribution in [3.63, 3.8) is 0 Å². The van der Waals surface area contributed by atoms with Gasteiger partial charge in [0.15, 0.2) is 8.46 Å². The fourth-order valence-corrected chi connectivity index (χ4v) is 4.55. The number of rotatable bonds is 7. The van der Waals surface area contributed by atoms with E-state index in [0.717, 1.165) is 22.3 Å². The lowest BCUT2D eigenvalue weighted by molar-refractivity contribution is 0.484. The number of hydrogen-bond acceptors (Lipinski definition) is 5. The molecule has 0 fully saturated rings. The first-order chi connectivity index (χ1) is 17.6. The topological polar surface area (TPSA) is 87.6 Å². The summed E-state index contributed by atoms with van der Waals surface area (Å²) in [7, 11) is -0.105. The van der Waals surface area contributed by atoms with Gasteiger partial charge in [0.25, 0.3) is 0 Å². The molecule has 5 nitrogen and oxygen atoms in total. The molecule has 0 atom stereocenters. The predicted octanol–water partition coefficient (Wildman–Crippen LogP) is 7.69. The third-order valence-corrected chi connectivity index (χ3v) is 6.22. The second-order valence-corrected chi connectivity index (χ2v) is 8.80. The smallest absolute Gasteiger partial charge is 0.192 e. The summed E-state index contributed by atoms with van der Waals surface area (Å²) in [5, 5.41) is 0.634. The van der Waals surface area contributed by atoms with Crippen molar-refractivity contribution in [1.82, 2.24) is 0 Å². The van der Waals surface area contributed by atoms with Gasteiger partial charge in [-0.1, -0.05) is 60.7 Å². The van der Waals surface area contributed by atoms with E-state index in [1.54, 1.807) is 18.2 Å². The van der Waals surface area contributed by atoms with Gasteiger partial charge in [0.1, 0.15) is 23.0 Å². The van der Waals surface area contributed by atoms with Gasteiger partial charge in [-0.25, -0.2) is 0 Å². The molecule has 36 heavy (non-hydrogen) atoms. The van der Waals surface area contributed by atoms with Crippen LogP contribution in [-0.2, 0) is 4.57 Å². The van der Waals surface area contributed by atoms with Crippen molar-refractivity contribution < 1.29 is 14.0 Å². The zero-order valence-corrected chi connectivity index (χ0v) is 20.2. The largest absolute Gasteiger partial charge is 0.457 e. The van der Waals surface area contributed by atoms with Crippen LogP contribution >= 0.6 is 8.46 Å². The van der Waals surface area contributed by atoms with Crippen LogP contribution in [0.3, 0.4) is 0 Å². The van der Waals surface area contributed by atoms with Crippen LogP contribution in [0.5, 0.6) is 23.0 Å². The molecule has 0 spiro atoms. The lowest BCUT2D eigenvalue weighted by Crippen LogP contribution is -2.02. The number of nitrogens with two attached hydrogens (primary N) is 2. The van der Waals surface area contributed by atoms with Gasteiger partial charge in [-0.3, -0.25) is 4.57 Å². The lowest BCUT2D eigenvalue weighted by atomic mass is 9.93. The van der Waals surface area contributed by atoms with E-state index in [4.69, 9.17) is 20.9 Å². The first-order valence-corrected chi connectivity index (χ1v) is 12.2. The summed E-state index contributed by atoms with van der Waals surface area (Å²) in [6, 6.07) is 35.7. The Bertz CT molecular complexity index is 1550. The summed E-state index contributed by atoms with van der Waals surface area (Å²) >= 11 is 0. The Morgan fingerprint density at radius 2 is 1.03 bits per heavy atom. The fraction of sp³-hybridized carbons (Fsp3) is 0. The SMILES string of the molecule is Nc1cccc(Oc2ccccc2-c2cccc(P=O)c2-c2ccccc2Oc2cccc(N)c2)c1. The average Bonchev–Trinajstić information content (AvgIpc) is 2.89. The minimum atomic E-state index is -0.105. The van der Waals surface area contributed by atoms with E-state index < -0.39 is 0 Å². The van der Waals surface area contributed by atoms with Crippen LogP contribution in [-0.4, -0.2) is 0 Å². The van der Waals surface area contributed by atoms with Crippen molar-refractivity contribution in [2.24, 2.45) is 0 Å². The van der Waals surface area contributed by atoms with Gasteiger partial charge in [0.05, 0.1) is 5.30 Å². The third-order valence-electron chi connectivity index (χ3n) is 5.65. The maximum Gasteiger partial charge on any atom is 0.192 e. The second kappa shape index (κ2) is 10.3. The Kier molecular flexibility index (Phi) is 6.65. The van der Waals surface area contributed by atoms with E-state index in [-0.39, 0.29) is 8.46 Å². The average molecular weight is 490 g/mol. The van der Waals surface area contributed by atoms with Gasteiger partial charge < -0.3 is 20.9 Å². The summed E-state index contributed by atoms with van der Waals surface area (Å²) in [4.78, 5) is 0. The highest BCUT2D eigenvalue weighted by molar-refractivity contribution is 7.34. The molecule has 176 valence electrons. The first kappa shape index (κ1) is 23.2. The molecule has 0 unspecified atom stereocenters. The van der Waals surface area contributed by atoms with Gasteiger partial charge in [0, 0.05) is 40.2 Å². The highest BCUT2D eigenvalue weighted by atomic mass is 31.1. The molecule has 0 aliphatic heterocycles. The molecule has 0 aromatic heterocycles. The Hall–Kier alpha value is -4.60. The van der Waals surface area contributed by atoms with Crippen LogP contribution in [0.4, 0.5) is 11.4 Å². The number of hydrogen-bond donors (Lipinski definition) is 2. The highest BCUT2D eigenvalue weighted by Crippen LogP contribution is 2.42. The van der Waals surface area contributed by atoms with Crippen LogP contribution in [0.1, 0.15) is 0 Å². The molecule has 0 aliphatic rings. The summed E-state index contributed by atoms with van der Waals surface area (Å²) in [6.07, 6.45) is 0. The molecule has 0 bridgehead atoms. The van der Waals surface area contributed by atoms with Crippen molar-refractivity contribution in [1.29, 1.82) is 0 Å². The Morgan fingerprint density at radius 1 is 0.528 bits per heavy atom. The molecule has 0 saturated heterocycles. The summed E-state index contributed by atoms with van der Waals surface area (Å²) < 4.78 is 24.8. The fourth-order valence-electron chi connectivity index (χ4n) is 4.07. The predicted molar refractivity (Wildman–Crippen MR) is 146 cm³/mol. The van der Waals surface area contributed by atoms with Crippen molar-refractivity contribution in [2.75, 3.05) is 11.5 Å². The molecule has 0 saturated carbocycles. The molecule has 4 N–H and O–H groups in total. The van der Waals surface area contributed by atoms with E-state index in [1.807, 2.05) is 97.1 Å². The first-order valence-electron chi connectivity index (χ1n) is 11.3. The third kappa shape index (κ3) is 4.92. The van der Waals surface area contributed by atoms with Crippen LogP contribution in [0.25, 0.3) is 22.3 Å². The van der Waals surface area contributed by atoms with E-state index in [1.165, 1.54) is 0 Å². The van der Waals surface area contributed by atoms with E-state index in [9.17, 15) is 4.57 Å². The van der Waals surface area contributed by atoms with E-state index in [0.29, 0.717) is 39.7 Å². The van der Waals surface area contributed by atoms with Gasteiger partial charge in [0.2, 0.25) is 0 Å². The van der Waals surface area contributed by atoms with Gasteiger partial charge in [-0.15, -0.1) is 0 Å². The number of nitrogen functional groups attached to an aromatic ring is 2. The van der Waals surface area contributed by atoms with Crippen molar-refractivity contribution >= 4 is 25.1 Å². The molecule has 6 heteroatoms. The number of para-hydroxylation sites is 2. The van der Waals surface area contributed by atoms with Gasteiger partial charge in [-0.2, -0.15) is 0 Å². The van der Waals surface area contributed by atoms with Crippen LogP contribution in [0, 0.1) is 0 Å². The highest BCUT2D eigenvalue weighted by Gasteiger charge is 2.19. The quantitative estimate of drug-likeness (QED) is 0.180. The molecular formula is C30H23N2O3P. The molecule has 5 aromatic carbocycles. The lowest BCUT2D eigenvalue weighted by Gasteiger charge is -2.18.